The van der Waals surface area contributed by atoms with Crippen LogP contribution in [0.4, 0.5) is 0 Å². The van der Waals surface area contributed by atoms with E-state index < -0.39 is 0 Å². The van der Waals surface area contributed by atoms with Crippen molar-refractivity contribution < 1.29 is 0 Å². The highest BCUT2D eigenvalue weighted by atomic mass is 32.2. The summed E-state index contributed by atoms with van der Waals surface area (Å²) in [4.78, 5) is 8.07. The highest BCUT2D eigenvalue weighted by Gasteiger charge is 2.11. The lowest BCUT2D eigenvalue weighted by atomic mass is 10.2. The van der Waals surface area contributed by atoms with Gasteiger partial charge in [0.05, 0.1) is 11.0 Å². The second-order valence-corrected chi connectivity index (χ2v) is 6.01. The Labute approximate surface area is 117 Å². The third-order valence-corrected chi connectivity index (χ3v) is 4.29. The minimum Gasteiger partial charge on any atom is -0.333 e. The third kappa shape index (κ3) is 2.51. The lowest BCUT2D eigenvalue weighted by Crippen LogP contribution is -1.88. The van der Waals surface area contributed by atoms with Crippen molar-refractivity contribution in [3.05, 3.63) is 59.7 Å². The average Bonchev–Trinajstić information content (AvgIpc) is 2.84. The highest BCUT2D eigenvalue weighted by molar-refractivity contribution is 7.99. The van der Waals surface area contributed by atoms with Crippen LogP contribution in [0, 0.1) is 6.92 Å². The van der Waals surface area contributed by atoms with Crippen molar-refractivity contribution in [2.45, 2.75) is 24.3 Å². The summed E-state index contributed by atoms with van der Waals surface area (Å²) in [7, 11) is 0. The Morgan fingerprint density at radius 2 is 1.84 bits per heavy atom. The largest absolute Gasteiger partial charge is 0.333 e. The molecule has 0 fully saturated rings. The summed E-state index contributed by atoms with van der Waals surface area (Å²) in [5.74, 6) is 0. The number of aryl methyl sites for hydroxylation is 1. The van der Waals surface area contributed by atoms with Crippen molar-refractivity contribution in [2.75, 3.05) is 0 Å². The van der Waals surface area contributed by atoms with Crippen LogP contribution in [0.5, 0.6) is 0 Å². The van der Waals surface area contributed by atoms with Gasteiger partial charge in [-0.05, 0) is 31.0 Å². The first-order valence-corrected chi connectivity index (χ1v) is 7.29. The molecule has 1 aromatic heterocycles. The second kappa shape index (κ2) is 5.10. The molecule has 1 heterocycles. The van der Waals surface area contributed by atoms with E-state index in [1.54, 1.807) is 11.8 Å². The first-order valence-electron chi connectivity index (χ1n) is 6.41. The summed E-state index contributed by atoms with van der Waals surface area (Å²) in [6.45, 7) is 4.30. The quantitative estimate of drug-likeness (QED) is 0.696. The van der Waals surface area contributed by atoms with Crippen molar-refractivity contribution >= 4 is 22.8 Å². The van der Waals surface area contributed by atoms with E-state index in [1.165, 1.54) is 11.1 Å². The summed E-state index contributed by atoms with van der Waals surface area (Å²) < 4.78 is 0. The fourth-order valence-corrected chi connectivity index (χ4v) is 3.11. The normalized spacial score (nSPS) is 12.7. The standard InChI is InChI=1S/C16H16N2S/c1-11-7-6-10-14-15(11)18-16(17-14)19-12(2)13-8-4-3-5-9-13/h3-10,12H,1-2H3,(H,17,18). The van der Waals surface area contributed by atoms with Gasteiger partial charge in [0.2, 0.25) is 0 Å². The Morgan fingerprint density at radius 3 is 2.58 bits per heavy atom. The van der Waals surface area contributed by atoms with Gasteiger partial charge in [0.15, 0.2) is 5.16 Å². The van der Waals surface area contributed by atoms with Gasteiger partial charge in [-0.3, -0.25) is 0 Å². The van der Waals surface area contributed by atoms with Crippen LogP contribution in [0.2, 0.25) is 0 Å². The predicted octanol–water partition coefficient (Wildman–Crippen LogP) is 4.72. The monoisotopic (exact) mass is 268 g/mol. The number of para-hydroxylation sites is 1. The van der Waals surface area contributed by atoms with Gasteiger partial charge in [0.25, 0.3) is 0 Å². The van der Waals surface area contributed by atoms with Crippen LogP contribution in [0.15, 0.2) is 53.7 Å². The topological polar surface area (TPSA) is 28.7 Å². The zero-order chi connectivity index (χ0) is 13.2. The number of aromatic amines is 1. The van der Waals surface area contributed by atoms with Crippen LogP contribution in [-0.2, 0) is 0 Å². The summed E-state index contributed by atoms with van der Waals surface area (Å²) in [6.07, 6.45) is 0. The second-order valence-electron chi connectivity index (χ2n) is 4.68. The summed E-state index contributed by atoms with van der Waals surface area (Å²) in [6, 6.07) is 16.8. The Hall–Kier alpha value is -1.74. The zero-order valence-corrected chi connectivity index (χ0v) is 11.9. The maximum Gasteiger partial charge on any atom is 0.166 e. The maximum atomic E-state index is 4.69. The number of benzene rings is 2. The van der Waals surface area contributed by atoms with Crippen molar-refractivity contribution in [1.82, 2.24) is 9.97 Å². The number of fused-ring (bicyclic) bond motifs is 1. The Balaban J connectivity index is 1.88. The van der Waals surface area contributed by atoms with Crippen LogP contribution >= 0.6 is 11.8 Å². The van der Waals surface area contributed by atoms with Crippen LogP contribution in [-0.4, -0.2) is 9.97 Å². The molecule has 96 valence electrons. The molecule has 0 saturated heterocycles. The van der Waals surface area contributed by atoms with E-state index in [4.69, 9.17) is 0 Å². The molecule has 0 saturated carbocycles. The van der Waals surface area contributed by atoms with Crippen LogP contribution < -0.4 is 0 Å². The number of hydrogen-bond acceptors (Lipinski definition) is 2. The number of rotatable bonds is 3. The molecule has 2 nitrogen and oxygen atoms in total. The molecule has 0 aliphatic heterocycles. The molecule has 2 aromatic carbocycles. The Morgan fingerprint density at radius 1 is 1.05 bits per heavy atom. The van der Waals surface area contributed by atoms with Gasteiger partial charge in [-0.15, -0.1) is 0 Å². The number of hydrogen-bond donors (Lipinski definition) is 1. The van der Waals surface area contributed by atoms with Crippen molar-refractivity contribution in [3.63, 3.8) is 0 Å². The molecule has 1 N–H and O–H groups in total. The minimum absolute atomic E-state index is 0.391. The molecule has 19 heavy (non-hydrogen) atoms. The molecule has 3 aromatic rings. The highest BCUT2D eigenvalue weighted by Crippen LogP contribution is 2.34. The molecular formula is C16H16N2S. The van der Waals surface area contributed by atoms with Crippen molar-refractivity contribution in [2.24, 2.45) is 0 Å². The van der Waals surface area contributed by atoms with Gasteiger partial charge in [-0.25, -0.2) is 4.98 Å². The van der Waals surface area contributed by atoms with Crippen molar-refractivity contribution in [1.29, 1.82) is 0 Å². The molecule has 0 spiro atoms. The van der Waals surface area contributed by atoms with E-state index in [2.05, 4.69) is 66.3 Å². The summed E-state index contributed by atoms with van der Waals surface area (Å²) >= 11 is 1.76. The minimum atomic E-state index is 0.391. The third-order valence-electron chi connectivity index (χ3n) is 3.25. The molecule has 3 heteroatoms. The van der Waals surface area contributed by atoms with Gasteiger partial charge in [-0.2, -0.15) is 0 Å². The maximum absolute atomic E-state index is 4.69. The number of imidazole rings is 1. The number of nitrogens with zero attached hydrogens (tertiary/aromatic N) is 1. The van der Waals surface area contributed by atoms with Crippen LogP contribution in [0.3, 0.4) is 0 Å². The fraction of sp³-hybridized carbons (Fsp3) is 0.188. The SMILES string of the molecule is Cc1cccc2[nH]c(SC(C)c3ccccc3)nc12. The number of nitrogens with one attached hydrogen (secondary N) is 1. The van der Waals surface area contributed by atoms with E-state index in [0.29, 0.717) is 5.25 Å². The van der Waals surface area contributed by atoms with Gasteiger partial charge in [0, 0.05) is 5.25 Å². The van der Waals surface area contributed by atoms with Crippen LogP contribution in [0.25, 0.3) is 11.0 Å². The molecular weight excluding hydrogens is 252 g/mol. The predicted molar refractivity (Wildman–Crippen MR) is 81.5 cm³/mol. The molecule has 0 radical (unpaired) electrons. The molecule has 1 atom stereocenters. The Kier molecular flexibility index (Phi) is 3.30. The smallest absolute Gasteiger partial charge is 0.166 e. The fourth-order valence-electron chi connectivity index (χ4n) is 2.17. The lowest BCUT2D eigenvalue weighted by molar-refractivity contribution is 1.03. The van der Waals surface area contributed by atoms with E-state index in [1.807, 2.05) is 6.07 Å². The van der Waals surface area contributed by atoms with Gasteiger partial charge in [-0.1, -0.05) is 54.2 Å². The van der Waals surface area contributed by atoms with Gasteiger partial charge in [0.1, 0.15) is 0 Å². The number of aromatic nitrogens is 2. The molecule has 0 bridgehead atoms. The first-order chi connectivity index (χ1) is 9.24. The summed E-state index contributed by atoms with van der Waals surface area (Å²) in [5, 5.41) is 1.38. The first kappa shape index (κ1) is 12.3. The lowest BCUT2D eigenvalue weighted by Gasteiger charge is -2.08. The van der Waals surface area contributed by atoms with Gasteiger partial charge >= 0.3 is 0 Å². The van der Waals surface area contributed by atoms with E-state index in [0.717, 1.165) is 16.2 Å². The van der Waals surface area contributed by atoms with Gasteiger partial charge < -0.3 is 4.98 Å². The van der Waals surface area contributed by atoms with Crippen molar-refractivity contribution in [3.8, 4) is 0 Å². The van der Waals surface area contributed by atoms with E-state index in [-0.39, 0.29) is 0 Å². The molecule has 3 rings (SSSR count). The van der Waals surface area contributed by atoms with Crippen LogP contribution in [0.1, 0.15) is 23.3 Å². The number of H-pyrrole nitrogens is 1. The molecule has 1 unspecified atom stereocenters. The van der Waals surface area contributed by atoms with E-state index >= 15 is 0 Å². The van der Waals surface area contributed by atoms with E-state index in [9.17, 15) is 0 Å². The Bertz CT molecular complexity index is 688. The molecule has 0 aliphatic rings. The zero-order valence-electron chi connectivity index (χ0n) is 11.1. The number of thioether (sulfide) groups is 1. The summed E-state index contributed by atoms with van der Waals surface area (Å²) in [5.41, 5.74) is 4.73. The average molecular weight is 268 g/mol. The molecule has 0 aliphatic carbocycles. The molecule has 0 amide bonds.